The first kappa shape index (κ1) is 18.1. The molecule has 23 heavy (non-hydrogen) atoms. The molecule has 0 aromatic heterocycles. The van der Waals surface area contributed by atoms with Gasteiger partial charge in [-0.1, -0.05) is 30.3 Å². The quantitative estimate of drug-likeness (QED) is 0.812. The maximum Gasteiger partial charge on any atom is 0.317 e. The Labute approximate surface area is 144 Å². The Morgan fingerprint density at radius 1 is 1.35 bits per heavy atom. The van der Waals surface area contributed by atoms with Crippen molar-refractivity contribution in [3.8, 4) is 0 Å². The van der Waals surface area contributed by atoms with Crippen LogP contribution in [0.25, 0.3) is 0 Å². The van der Waals surface area contributed by atoms with Gasteiger partial charge < -0.3 is 15.1 Å². The van der Waals surface area contributed by atoms with Gasteiger partial charge in [-0.25, -0.2) is 4.79 Å². The zero-order chi connectivity index (χ0) is 16.5. The topological polar surface area (TPSA) is 35.6 Å². The van der Waals surface area contributed by atoms with E-state index in [0.29, 0.717) is 6.04 Å². The van der Waals surface area contributed by atoms with Crippen molar-refractivity contribution in [3.63, 3.8) is 0 Å². The van der Waals surface area contributed by atoms with Crippen molar-refractivity contribution >= 4 is 17.8 Å². The third-order valence-electron chi connectivity index (χ3n) is 4.04. The lowest BCUT2D eigenvalue weighted by atomic mass is 10.1. The number of benzene rings is 1. The maximum absolute atomic E-state index is 12.5. The van der Waals surface area contributed by atoms with Gasteiger partial charge in [0.25, 0.3) is 0 Å². The Bertz CT molecular complexity index is 467. The van der Waals surface area contributed by atoms with Crippen molar-refractivity contribution in [3.05, 3.63) is 35.9 Å². The number of likely N-dealkylation sites (N-methyl/N-ethyl adjacent to an activating group) is 1. The van der Waals surface area contributed by atoms with Crippen LogP contribution in [0.2, 0.25) is 0 Å². The summed E-state index contributed by atoms with van der Waals surface area (Å²) in [5, 5.41) is 3.11. The predicted molar refractivity (Wildman–Crippen MR) is 99.2 cm³/mol. The van der Waals surface area contributed by atoms with Gasteiger partial charge in [-0.3, -0.25) is 0 Å². The van der Waals surface area contributed by atoms with Crippen molar-refractivity contribution in [1.29, 1.82) is 0 Å². The largest absolute Gasteiger partial charge is 0.338 e. The van der Waals surface area contributed by atoms with Crippen LogP contribution in [0.3, 0.4) is 0 Å². The number of thioether (sulfide) groups is 1. The van der Waals surface area contributed by atoms with Gasteiger partial charge in [-0.05, 0) is 44.7 Å². The summed E-state index contributed by atoms with van der Waals surface area (Å²) in [5.74, 6) is 2.19. The number of nitrogens with one attached hydrogen (secondary N) is 1. The minimum atomic E-state index is 0.104. The molecule has 1 unspecified atom stereocenters. The van der Waals surface area contributed by atoms with Crippen LogP contribution in [0.4, 0.5) is 4.79 Å². The molecule has 1 aliphatic heterocycles. The number of urea groups is 1. The van der Waals surface area contributed by atoms with Crippen molar-refractivity contribution < 1.29 is 4.79 Å². The predicted octanol–water partition coefficient (Wildman–Crippen LogP) is 2.70. The molecule has 0 spiro atoms. The van der Waals surface area contributed by atoms with Gasteiger partial charge in [-0.15, -0.1) is 0 Å². The fourth-order valence-corrected chi connectivity index (χ4v) is 3.96. The van der Waals surface area contributed by atoms with Crippen molar-refractivity contribution in [2.45, 2.75) is 25.3 Å². The van der Waals surface area contributed by atoms with Crippen LogP contribution in [0.5, 0.6) is 0 Å². The first-order chi connectivity index (χ1) is 11.2. The second-order valence-electron chi connectivity index (χ2n) is 6.36. The summed E-state index contributed by atoms with van der Waals surface area (Å²) < 4.78 is 0. The molecule has 2 amide bonds. The molecule has 5 heteroatoms. The standard InChI is InChI=1S/C18H29N3OS/c1-20(2)14-17-15-23-13-7-12-21(17)18(22)19-11-6-10-16-8-4-3-5-9-16/h3-5,8-9,17H,6-7,10-15H2,1-2H3,(H,19,22). The van der Waals surface area contributed by atoms with E-state index in [1.54, 1.807) is 0 Å². The highest BCUT2D eigenvalue weighted by Crippen LogP contribution is 2.17. The Morgan fingerprint density at radius 2 is 2.13 bits per heavy atom. The van der Waals surface area contributed by atoms with Crippen LogP contribution in [0.1, 0.15) is 18.4 Å². The van der Waals surface area contributed by atoms with Gasteiger partial charge >= 0.3 is 6.03 Å². The molecule has 0 radical (unpaired) electrons. The Morgan fingerprint density at radius 3 is 2.87 bits per heavy atom. The molecule has 4 nitrogen and oxygen atoms in total. The molecule has 1 aromatic rings. The monoisotopic (exact) mass is 335 g/mol. The minimum Gasteiger partial charge on any atom is -0.338 e. The smallest absolute Gasteiger partial charge is 0.317 e. The third-order valence-corrected chi connectivity index (χ3v) is 5.23. The average Bonchev–Trinajstić information content (AvgIpc) is 2.77. The molecule has 0 aliphatic carbocycles. The molecule has 0 saturated carbocycles. The van der Waals surface area contributed by atoms with E-state index in [2.05, 4.69) is 48.6 Å². The molecule has 1 aliphatic rings. The van der Waals surface area contributed by atoms with E-state index in [1.807, 2.05) is 22.7 Å². The van der Waals surface area contributed by atoms with Crippen molar-refractivity contribution in [1.82, 2.24) is 15.1 Å². The van der Waals surface area contributed by atoms with Gasteiger partial charge in [0.05, 0.1) is 6.04 Å². The van der Waals surface area contributed by atoms with Crippen LogP contribution in [0, 0.1) is 0 Å². The summed E-state index contributed by atoms with van der Waals surface area (Å²) in [5.41, 5.74) is 1.33. The van der Waals surface area contributed by atoms with Crippen molar-refractivity contribution in [2.24, 2.45) is 0 Å². The third kappa shape index (κ3) is 6.43. The first-order valence-corrected chi connectivity index (χ1v) is 9.63. The summed E-state index contributed by atoms with van der Waals surface area (Å²) in [4.78, 5) is 16.8. The molecule has 2 rings (SSSR count). The number of carbonyl (C=O) groups is 1. The van der Waals surface area contributed by atoms with Gasteiger partial charge in [0.1, 0.15) is 0 Å². The minimum absolute atomic E-state index is 0.104. The lowest BCUT2D eigenvalue weighted by Crippen LogP contribution is -2.50. The van der Waals surface area contributed by atoms with Crippen LogP contribution in [0.15, 0.2) is 30.3 Å². The number of nitrogens with zero attached hydrogens (tertiary/aromatic N) is 2. The molecule has 1 fully saturated rings. The van der Waals surface area contributed by atoms with Crippen LogP contribution >= 0.6 is 11.8 Å². The van der Waals surface area contributed by atoms with E-state index in [9.17, 15) is 4.79 Å². The van der Waals surface area contributed by atoms with Crippen LogP contribution in [-0.4, -0.2) is 67.1 Å². The zero-order valence-corrected chi connectivity index (χ0v) is 15.1. The molecule has 128 valence electrons. The van der Waals surface area contributed by atoms with E-state index in [4.69, 9.17) is 0 Å². The number of carbonyl (C=O) groups excluding carboxylic acids is 1. The number of hydrogen-bond donors (Lipinski definition) is 1. The number of hydrogen-bond acceptors (Lipinski definition) is 3. The second kappa shape index (κ2) is 9.83. The van der Waals surface area contributed by atoms with Gasteiger partial charge in [0.2, 0.25) is 0 Å². The van der Waals surface area contributed by atoms with Crippen LogP contribution < -0.4 is 5.32 Å². The van der Waals surface area contributed by atoms with E-state index in [-0.39, 0.29) is 6.03 Å². The summed E-state index contributed by atoms with van der Waals surface area (Å²) >= 11 is 1.96. The number of aryl methyl sites for hydroxylation is 1. The van der Waals surface area contributed by atoms with E-state index in [1.165, 1.54) is 5.56 Å². The fraction of sp³-hybridized carbons (Fsp3) is 0.611. The molecule has 1 saturated heterocycles. The Kier molecular flexibility index (Phi) is 7.76. The van der Waals surface area contributed by atoms with Crippen molar-refractivity contribution in [2.75, 3.05) is 45.2 Å². The summed E-state index contributed by atoms with van der Waals surface area (Å²) in [6.45, 7) is 2.55. The van der Waals surface area contributed by atoms with Gasteiger partial charge in [-0.2, -0.15) is 11.8 Å². The summed E-state index contributed by atoms with van der Waals surface area (Å²) in [6, 6.07) is 10.9. The van der Waals surface area contributed by atoms with E-state index >= 15 is 0 Å². The highest BCUT2D eigenvalue weighted by atomic mass is 32.2. The lowest BCUT2D eigenvalue weighted by molar-refractivity contribution is 0.168. The average molecular weight is 336 g/mol. The summed E-state index contributed by atoms with van der Waals surface area (Å²) in [6.07, 6.45) is 3.08. The summed E-state index contributed by atoms with van der Waals surface area (Å²) in [7, 11) is 4.15. The maximum atomic E-state index is 12.5. The SMILES string of the molecule is CN(C)CC1CSCCCN1C(=O)NCCCc1ccccc1. The van der Waals surface area contributed by atoms with Crippen LogP contribution in [-0.2, 0) is 6.42 Å². The molecule has 1 atom stereocenters. The Balaban J connectivity index is 1.77. The number of amides is 2. The Hall–Kier alpha value is -1.20. The molecule has 1 aromatic carbocycles. The molecule has 1 heterocycles. The molecular weight excluding hydrogens is 306 g/mol. The van der Waals surface area contributed by atoms with Gasteiger partial charge in [0, 0.05) is 25.4 Å². The molecule has 0 bridgehead atoms. The first-order valence-electron chi connectivity index (χ1n) is 8.47. The fourth-order valence-electron chi connectivity index (χ4n) is 2.90. The number of rotatable bonds is 6. The highest BCUT2D eigenvalue weighted by Gasteiger charge is 2.25. The van der Waals surface area contributed by atoms with E-state index in [0.717, 1.165) is 50.4 Å². The van der Waals surface area contributed by atoms with E-state index < -0.39 is 0 Å². The highest BCUT2D eigenvalue weighted by molar-refractivity contribution is 7.99. The normalized spacial score (nSPS) is 18.7. The lowest BCUT2D eigenvalue weighted by Gasteiger charge is -2.31. The second-order valence-corrected chi connectivity index (χ2v) is 7.51. The van der Waals surface area contributed by atoms with Gasteiger partial charge in [0.15, 0.2) is 0 Å². The molecule has 1 N–H and O–H groups in total. The molecular formula is C18H29N3OS. The zero-order valence-electron chi connectivity index (χ0n) is 14.3.